The average Bonchev–Trinajstić information content (AvgIpc) is 3.23. The molecule has 1 fully saturated rings. The molecule has 1 amide bonds. The molecule has 7 heteroatoms. The number of rotatable bonds is 5. The number of amides is 1. The zero-order valence-electron chi connectivity index (χ0n) is 13.9. The van der Waals surface area contributed by atoms with Gasteiger partial charge in [0.15, 0.2) is 0 Å². The van der Waals surface area contributed by atoms with Crippen LogP contribution in [0.4, 0.5) is 5.95 Å². The molecular weight excluding hydrogens is 304 g/mol. The van der Waals surface area contributed by atoms with Crippen LogP contribution in [0, 0.1) is 12.8 Å². The van der Waals surface area contributed by atoms with Crippen molar-refractivity contribution in [3.8, 4) is 0 Å². The summed E-state index contributed by atoms with van der Waals surface area (Å²) in [6.45, 7) is 5.22. The number of carbonyl (C=O) groups is 1. The maximum atomic E-state index is 12.7. The lowest BCUT2D eigenvalue weighted by Crippen LogP contribution is -2.21. The Hall–Kier alpha value is -2.70. The molecule has 0 unspecified atom stereocenters. The number of hydrogen-bond donors (Lipinski definition) is 1. The van der Waals surface area contributed by atoms with Gasteiger partial charge in [-0.25, -0.2) is 9.67 Å². The van der Waals surface area contributed by atoms with Crippen molar-refractivity contribution in [3.63, 3.8) is 0 Å². The smallest absolute Gasteiger partial charge is 0.278 e. The lowest BCUT2D eigenvalue weighted by Gasteiger charge is -2.10. The van der Waals surface area contributed by atoms with E-state index in [-0.39, 0.29) is 5.91 Å². The van der Waals surface area contributed by atoms with Crippen LogP contribution in [0.3, 0.4) is 0 Å². The molecule has 2 heterocycles. The van der Waals surface area contributed by atoms with Crippen LogP contribution in [0.2, 0.25) is 0 Å². The highest BCUT2D eigenvalue weighted by Gasteiger charge is 2.25. The highest BCUT2D eigenvalue weighted by atomic mass is 16.2. The lowest BCUT2D eigenvalue weighted by molar-refractivity contribution is 0.101. The quantitative estimate of drug-likeness (QED) is 0.782. The van der Waals surface area contributed by atoms with Gasteiger partial charge in [0.2, 0.25) is 5.95 Å². The van der Waals surface area contributed by atoms with Gasteiger partial charge in [-0.2, -0.15) is 0 Å². The Kier molecular flexibility index (Phi) is 3.55. The number of fused-ring (bicyclic) bond motifs is 1. The van der Waals surface area contributed by atoms with Crippen molar-refractivity contribution in [1.29, 1.82) is 0 Å². The molecule has 24 heavy (non-hydrogen) atoms. The SMILES string of the molecule is CCn1nnc(C)c1C(=O)Nc1nc2ccccc2n1CC1CC1. The normalized spacial score (nSPS) is 14.2. The van der Waals surface area contributed by atoms with Crippen LogP contribution >= 0.6 is 0 Å². The third kappa shape index (κ3) is 2.55. The zero-order valence-corrected chi connectivity index (χ0v) is 13.9. The minimum Gasteiger partial charge on any atom is -0.310 e. The molecule has 7 nitrogen and oxygen atoms in total. The van der Waals surface area contributed by atoms with Crippen molar-refractivity contribution >= 4 is 22.9 Å². The van der Waals surface area contributed by atoms with E-state index in [0.29, 0.717) is 29.8 Å². The van der Waals surface area contributed by atoms with E-state index >= 15 is 0 Å². The molecular formula is C17H20N6O. The van der Waals surface area contributed by atoms with E-state index in [1.54, 1.807) is 11.6 Å². The van der Waals surface area contributed by atoms with Gasteiger partial charge in [0.1, 0.15) is 5.69 Å². The Bertz CT molecular complexity index is 905. The third-order valence-electron chi connectivity index (χ3n) is 4.44. The zero-order chi connectivity index (χ0) is 16.7. The number of anilines is 1. The summed E-state index contributed by atoms with van der Waals surface area (Å²) in [6, 6.07) is 7.98. The summed E-state index contributed by atoms with van der Waals surface area (Å²) in [5, 5.41) is 11.0. The van der Waals surface area contributed by atoms with Gasteiger partial charge >= 0.3 is 0 Å². The maximum absolute atomic E-state index is 12.7. The number of carbonyl (C=O) groups excluding carboxylic acids is 1. The van der Waals surface area contributed by atoms with Crippen LogP contribution < -0.4 is 5.32 Å². The predicted molar refractivity (Wildman–Crippen MR) is 90.8 cm³/mol. The van der Waals surface area contributed by atoms with Crippen LogP contribution in [-0.4, -0.2) is 30.5 Å². The minimum atomic E-state index is -0.216. The van der Waals surface area contributed by atoms with Gasteiger partial charge < -0.3 is 4.57 Å². The van der Waals surface area contributed by atoms with Crippen molar-refractivity contribution in [2.45, 2.75) is 39.8 Å². The summed E-state index contributed by atoms with van der Waals surface area (Å²) in [5.74, 6) is 1.06. The molecule has 2 aromatic heterocycles. The summed E-state index contributed by atoms with van der Waals surface area (Å²) in [5.41, 5.74) is 3.06. The fourth-order valence-electron chi connectivity index (χ4n) is 2.98. The monoisotopic (exact) mass is 324 g/mol. The molecule has 124 valence electrons. The Morgan fingerprint density at radius 1 is 1.33 bits per heavy atom. The number of hydrogen-bond acceptors (Lipinski definition) is 4. The second kappa shape index (κ2) is 5.74. The van der Waals surface area contributed by atoms with E-state index in [9.17, 15) is 4.79 Å². The number of nitrogens with zero attached hydrogens (tertiary/aromatic N) is 5. The first-order valence-electron chi connectivity index (χ1n) is 8.34. The molecule has 0 radical (unpaired) electrons. The summed E-state index contributed by atoms with van der Waals surface area (Å²) in [4.78, 5) is 17.4. The standard InChI is InChI=1S/C17H20N6O/c1-3-23-15(11(2)20-21-23)16(24)19-17-18-13-6-4-5-7-14(13)22(17)10-12-8-9-12/h4-7,12H,3,8-10H2,1-2H3,(H,18,19,24). The summed E-state index contributed by atoms with van der Waals surface area (Å²) >= 11 is 0. The molecule has 4 rings (SSSR count). The van der Waals surface area contributed by atoms with Gasteiger partial charge in [-0.1, -0.05) is 17.3 Å². The number of nitrogens with one attached hydrogen (secondary N) is 1. The Morgan fingerprint density at radius 3 is 2.88 bits per heavy atom. The van der Waals surface area contributed by atoms with Crippen molar-refractivity contribution in [1.82, 2.24) is 24.5 Å². The molecule has 0 atom stereocenters. The van der Waals surface area contributed by atoms with Crippen LogP contribution in [0.5, 0.6) is 0 Å². The first kappa shape index (κ1) is 14.9. The van der Waals surface area contributed by atoms with Crippen molar-refractivity contribution in [2.24, 2.45) is 5.92 Å². The Morgan fingerprint density at radius 2 is 2.12 bits per heavy atom. The molecule has 1 aliphatic rings. The molecule has 1 N–H and O–H groups in total. The Balaban J connectivity index is 1.70. The average molecular weight is 324 g/mol. The van der Waals surface area contributed by atoms with Crippen LogP contribution in [-0.2, 0) is 13.1 Å². The second-order valence-corrected chi connectivity index (χ2v) is 6.27. The summed E-state index contributed by atoms with van der Waals surface area (Å²) in [6.07, 6.45) is 2.48. The first-order chi connectivity index (χ1) is 11.7. The van der Waals surface area contributed by atoms with Crippen LogP contribution in [0.25, 0.3) is 11.0 Å². The molecule has 1 aliphatic carbocycles. The fourth-order valence-corrected chi connectivity index (χ4v) is 2.98. The van der Waals surface area contributed by atoms with Gasteiger partial charge in [0.05, 0.1) is 16.7 Å². The van der Waals surface area contributed by atoms with E-state index in [1.165, 1.54) is 12.8 Å². The van der Waals surface area contributed by atoms with Gasteiger partial charge in [-0.3, -0.25) is 10.1 Å². The molecule has 0 bridgehead atoms. The van der Waals surface area contributed by atoms with Crippen molar-refractivity contribution in [2.75, 3.05) is 5.32 Å². The number of benzene rings is 1. The number of para-hydroxylation sites is 2. The molecule has 0 aliphatic heterocycles. The van der Waals surface area contributed by atoms with Gasteiger partial charge in [-0.05, 0) is 44.7 Å². The molecule has 0 saturated heterocycles. The predicted octanol–water partition coefficient (Wildman–Crippen LogP) is 2.62. The van der Waals surface area contributed by atoms with Crippen molar-refractivity contribution in [3.05, 3.63) is 35.7 Å². The number of aromatic nitrogens is 5. The van der Waals surface area contributed by atoms with E-state index in [1.807, 2.05) is 31.2 Å². The molecule has 0 spiro atoms. The highest BCUT2D eigenvalue weighted by molar-refractivity contribution is 6.03. The van der Waals surface area contributed by atoms with Crippen LogP contribution in [0.15, 0.2) is 24.3 Å². The first-order valence-corrected chi connectivity index (χ1v) is 8.34. The largest absolute Gasteiger partial charge is 0.310 e. The molecule has 1 saturated carbocycles. The van der Waals surface area contributed by atoms with Gasteiger partial charge in [0, 0.05) is 13.1 Å². The lowest BCUT2D eigenvalue weighted by atomic mass is 10.3. The van der Waals surface area contributed by atoms with Crippen LogP contribution in [0.1, 0.15) is 35.9 Å². The summed E-state index contributed by atoms with van der Waals surface area (Å²) < 4.78 is 3.72. The fraction of sp³-hybridized carbons (Fsp3) is 0.412. The van der Waals surface area contributed by atoms with Gasteiger partial charge in [0.25, 0.3) is 5.91 Å². The maximum Gasteiger partial charge on any atom is 0.278 e. The number of aryl methyl sites for hydroxylation is 2. The van der Waals surface area contributed by atoms with E-state index in [4.69, 9.17) is 0 Å². The third-order valence-corrected chi connectivity index (χ3v) is 4.44. The van der Waals surface area contributed by atoms with E-state index < -0.39 is 0 Å². The van der Waals surface area contributed by atoms with Gasteiger partial charge in [-0.15, -0.1) is 5.10 Å². The summed E-state index contributed by atoms with van der Waals surface area (Å²) in [7, 11) is 0. The van der Waals surface area contributed by atoms with Crippen molar-refractivity contribution < 1.29 is 4.79 Å². The number of imidazole rings is 1. The topological polar surface area (TPSA) is 77.6 Å². The highest BCUT2D eigenvalue weighted by Crippen LogP contribution is 2.33. The van der Waals surface area contributed by atoms with E-state index in [0.717, 1.165) is 17.6 Å². The van der Waals surface area contributed by atoms with E-state index in [2.05, 4.69) is 25.2 Å². The molecule has 1 aromatic carbocycles. The minimum absolute atomic E-state index is 0.216. The molecule has 3 aromatic rings. The second-order valence-electron chi connectivity index (χ2n) is 6.27. The Labute approximate surface area is 139 Å².